The highest BCUT2D eigenvalue weighted by Crippen LogP contribution is 2.63. The molecule has 1 N–H and O–H groups in total. The van der Waals surface area contributed by atoms with E-state index in [-0.39, 0.29) is 0 Å². The normalized spacial score (nSPS) is 14.3. The first kappa shape index (κ1) is 21.1. The van der Waals surface area contributed by atoms with Crippen LogP contribution in [0.4, 0.5) is 4.79 Å². The number of benzene rings is 1. The number of ether oxygens (including phenoxy) is 3. The summed E-state index contributed by atoms with van der Waals surface area (Å²) in [6.07, 6.45) is 0.285. The van der Waals surface area contributed by atoms with Crippen molar-refractivity contribution in [1.82, 2.24) is 5.32 Å². The highest BCUT2D eigenvalue weighted by Gasteiger charge is 2.24. The molecule has 5 nitrogen and oxygen atoms in total. The average molecular weight is 440 g/mol. The topological polar surface area (TPSA) is 56.8 Å². The van der Waals surface area contributed by atoms with Gasteiger partial charge in [-0.25, -0.2) is 4.79 Å². The number of fused-ring (bicyclic) bond motifs is 1. The van der Waals surface area contributed by atoms with Crippen LogP contribution in [-0.2, 0) is 11.2 Å². The van der Waals surface area contributed by atoms with Gasteiger partial charge in [0.05, 0.1) is 19.1 Å². The second-order valence-corrected chi connectivity index (χ2v) is 13.4. The smallest absolute Gasteiger partial charge is 0.407 e. The van der Waals surface area contributed by atoms with Crippen molar-refractivity contribution in [3.8, 4) is 11.5 Å². The Balaban J connectivity index is 2.16. The Kier molecular flexibility index (Phi) is 8.19. The molecule has 25 heavy (non-hydrogen) atoms. The molecular weight excluding hydrogens is 419 g/mol. The van der Waals surface area contributed by atoms with Gasteiger partial charge >= 0.3 is 6.09 Å². The van der Waals surface area contributed by atoms with Crippen LogP contribution in [0.2, 0.25) is 0 Å². The van der Waals surface area contributed by atoms with Gasteiger partial charge in [0.15, 0.2) is 11.5 Å². The summed E-state index contributed by atoms with van der Waals surface area (Å²) in [7, 11) is 11.8. The highest BCUT2D eigenvalue weighted by molar-refractivity contribution is 9.36. The third-order valence-electron chi connectivity index (χ3n) is 3.01. The van der Waals surface area contributed by atoms with E-state index in [9.17, 15) is 4.79 Å². The largest absolute Gasteiger partial charge is 0.493 e. The molecule has 0 fully saturated rings. The lowest BCUT2D eigenvalue weighted by atomic mass is 10.1. The Labute approximate surface area is 167 Å². The molecule has 0 radical (unpaired) electrons. The van der Waals surface area contributed by atoms with Gasteiger partial charge in [-0.05, 0) is 89.9 Å². The predicted octanol–water partition coefficient (Wildman–Crippen LogP) is 5.83. The van der Waals surface area contributed by atoms with E-state index >= 15 is 0 Å². The number of hydrogen-bond acceptors (Lipinski definition) is 9. The van der Waals surface area contributed by atoms with Crippen molar-refractivity contribution < 1.29 is 19.0 Å². The summed E-state index contributed by atoms with van der Waals surface area (Å²) < 4.78 is 16.3. The molecule has 1 amide bonds. The summed E-state index contributed by atoms with van der Waals surface area (Å²) in [5.41, 5.74) is 0.624. The number of amides is 1. The molecule has 1 aliphatic heterocycles. The van der Waals surface area contributed by atoms with E-state index in [1.54, 1.807) is 65.3 Å². The first-order valence-electron chi connectivity index (χ1n) is 7.45. The summed E-state index contributed by atoms with van der Waals surface area (Å²) in [6.45, 7) is 6.04. The van der Waals surface area contributed by atoms with Gasteiger partial charge in [-0.3, -0.25) is 0 Å². The van der Waals surface area contributed by atoms with Crippen molar-refractivity contribution in [2.45, 2.75) is 42.6 Å². The maximum absolute atomic E-state index is 11.8. The van der Waals surface area contributed by atoms with Crippen molar-refractivity contribution >= 4 is 57.2 Å². The molecule has 0 aliphatic carbocycles. The molecule has 1 aromatic rings. The van der Waals surface area contributed by atoms with Crippen LogP contribution < -0.4 is 14.8 Å². The Hall–Kier alpha value is -0.160. The lowest BCUT2D eigenvalue weighted by Crippen LogP contribution is -2.33. The van der Waals surface area contributed by atoms with E-state index in [0.29, 0.717) is 18.7 Å². The Bertz CT molecular complexity index is 621. The second-order valence-electron chi connectivity index (χ2n) is 5.98. The van der Waals surface area contributed by atoms with Gasteiger partial charge in [0.25, 0.3) is 0 Å². The molecule has 10 heteroatoms. The van der Waals surface area contributed by atoms with Crippen LogP contribution in [0, 0.1) is 0 Å². The minimum atomic E-state index is -0.498. The minimum absolute atomic E-state index is 0.401. The highest BCUT2D eigenvalue weighted by atomic mass is 33.8. The third kappa shape index (κ3) is 6.20. The van der Waals surface area contributed by atoms with E-state index in [1.807, 2.05) is 26.8 Å². The summed E-state index contributed by atoms with van der Waals surface area (Å²) in [4.78, 5) is 14.1. The standard InChI is InChI=1S/C15H21NO4S5/c1-15(2,3)20-14(17)16-7-6-9-8-10(18-4)11(19-5)13-12(9)21-23-25-24-22-13/h8H,6-7H2,1-5H3,(H,16,17). The average Bonchev–Trinajstić information content (AvgIpc) is 2.78. The number of carbonyl (C=O) groups is 1. The molecule has 1 aliphatic rings. The van der Waals surface area contributed by atoms with Crippen LogP contribution in [0.5, 0.6) is 11.5 Å². The van der Waals surface area contributed by atoms with Gasteiger partial charge in [0.1, 0.15) is 5.60 Å². The number of rotatable bonds is 5. The fourth-order valence-corrected chi connectivity index (χ4v) is 11.3. The quantitative estimate of drug-likeness (QED) is 0.571. The number of hydrogen-bond donors (Lipinski definition) is 1. The van der Waals surface area contributed by atoms with E-state index in [2.05, 4.69) is 5.32 Å². The van der Waals surface area contributed by atoms with E-state index in [1.165, 1.54) is 0 Å². The first-order chi connectivity index (χ1) is 11.9. The molecule has 0 spiro atoms. The molecule has 0 saturated heterocycles. The van der Waals surface area contributed by atoms with Crippen molar-refractivity contribution in [2.24, 2.45) is 0 Å². The zero-order valence-corrected chi connectivity index (χ0v) is 18.7. The Morgan fingerprint density at radius 3 is 2.36 bits per heavy atom. The predicted molar refractivity (Wildman–Crippen MR) is 112 cm³/mol. The van der Waals surface area contributed by atoms with Crippen LogP contribution >= 0.6 is 51.1 Å². The van der Waals surface area contributed by atoms with E-state index < -0.39 is 11.7 Å². The molecule has 2 rings (SSSR count). The van der Waals surface area contributed by atoms with Crippen LogP contribution in [0.1, 0.15) is 26.3 Å². The monoisotopic (exact) mass is 439 g/mol. The van der Waals surface area contributed by atoms with Gasteiger partial charge in [0, 0.05) is 11.4 Å². The molecule has 0 saturated carbocycles. The maximum atomic E-state index is 11.8. The molecule has 1 aromatic carbocycles. The van der Waals surface area contributed by atoms with E-state index in [0.717, 1.165) is 21.1 Å². The van der Waals surface area contributed by atoms with Gasteiger partial charge in [-0.2, -0.15) is 0 Å². The Morgan fingerprint density at radius 2 is 1.76 bits per heavy atom. The molecule has 0 atom stereocenters. The molecule has 0 bridgehead atoms. The summed E-state index contributed by atoms with van der Waals surface area (Å²) in [5, 5.41) is 2.81. The van der Waals surface area contributed by atoms with Crippen LogP contribution in [0.3, 0.4) is 0 Å². The summed E-state index contributed by atoms with van der Waals surface area (Å²) >= 11 is 0. The molecular formula is C15H21NO4S5. The first-order valence-corrected chi connectivity index (χ1v) is 13.6. The lowest BCUT2D eigenvalue weighted by Gasteiger charge is -2.20. The fourth-order valence-electron chi connectivity index (χ4n) is 2.07. The molecule has 0 aromatic heterocycles. The molecule has 1 heterocycles. The van der Waals surface area contributed by atoms with Crippen LogP contribution in [0.15, 0.2) is 15.9 Å². The Morgan fingerprint density at radius 1 is 1.08 bits per heavy atom. The summed E-state index contributed by atoms with van der Waals surface area (Å²) in [5.74, 6) is 1.47. The van der Waals surface area contributed by atoms with Gasteiger partial charge in [0.2, 0.25) is 0 Å². The number of alkyl carbamates (subject to hydrolysis) is 1. The lowest BCUT2D eigenvalue weighted by molar-refractivity contribution is 0.0528. The zero-order valence-electron chi connectivity index (χ0n) is 14.7. The number of nitrogens with one attached hydrogen (secondary N) is 1. The van der Waals surface area contributed by atoms with Crippen molar-refractivity contribution in [3.63, 3.8) is 0 Å². The van der Waals surface area contributed by atoms with Gasteiger partial charge < -0.3 is 19.5 Å². The number of methoxy groups -OCH3 is 2. The minimum Gasteiger partial charge on any atom is -0.493 e. The van der Waals surface area contributed by atoms with Crippen LogP contribution in [0.25, 0.3) is 0 Å². The van der Waals surface area contributed by atoms with E-state index in [4.69, 9.17) is 14.2 Å². The number of carbonyl (C=O) groups excluding carboxylic acids is 1. The van der Waals surface area contributed by atoms with Crippen molar-refractivity contribution in [3.05, 3.63) is 11.6 Å². The zero-order chi connectivity index (χ0) is 18.4. The third-order valence-corrected chi connectivity index (χ3v) is 11.5. The SMILES string of the molecule is COc1cc(CCNC(=O)OC(C)(C)C)c2c(c1OC)SSSSS2. The molecule has 0 unspecified atom stereocenters. The second kappa shape index (κ2) is 9.68. The summed E-state index contributed by atoms with van der Waals surface area (Å²) in [6, 6.07) is 1.99. The fraction of sp³-hybridized carbons (Fsp3) is 0.533. The maximum Gasteiger partial charge on any atom is 0.407 e. The molecule has 140 valence electrons. The van der Waals surface area contributed by atoms with Crippen LogP contribution in [-0.4, -0.2) is 32.5 Å². The van der Waals surface area contributed by atoms with Crippen molar-refractivity contribution in [2.75, 3.05) is 20.8 Å². The van der Waals surface area contributed by atoms with Gasteiger partial charge in [-0.15, -0.1) is 0 Å². The van der Waals surface area contributed by atoms with Gasteiger partial charge in [-0.1, -0.05) is 0 Å². The van der Waals surface area contributed by atoms with Crippen molar-refractivity contribution in [1.29, 1.82) is 0 Å².